The standard InChI is InChI=1S/C27H34N2O6/c1-34-22-14-20(25-3-2-12-35-25)13-21(15-22)28-10-8-18-4-6-19(7-5-18)9-11-29-16-24(31)27(33)26(32)23(29)17-30/h2-7,12-15,23-24,26-28,30-33H,8-11,16-17H2,1H3/t23-,24+,26-,27-/m1/s1. The maximum Gasteiger partial charge on any atom is 0.134 e. The minimum Gasteiger partial charge on any atom is -0.497 e. The van der Waals surface area contributed by atoms with Gasteiger partial charge in [0.25, 0.3) is 0 Å². The molecule has 2 aromatic carbocycles. The van der Waals surface area contributed by atoms with Crippen molar-refractivity contribution in [2.45, 2.75) is 37.2 Å². The van der Waals surface area contributed by atoms with Gasteiger partial charge in [-0.2, -0.15) is 0 Å². The molecule has 1 saturated heterocycles. The van der Waals surface area contributed by atoms with Crippen LogP contribution in [0, 0.1) is 0 Å². The van der Waals surface area contributed by atoms with Crippen LogP contribution in [-0.4, -0.2) is 83.0 Å². The number of ether oxygens (including phenoxy) is 1. The van der Waals surface area contributed by atoms with Crippen molar-refractivity contribution in [1.29, 1.82) is 0 Å². The van der Waals surface area contributed by atoms with E-state index < -0.39 is 24.4 Å². The number of piperidine rings is 1. The number of rotatable bonds is 10. The van der Waals surface area contributed by atoms with Crippen LogP contribution in [0.15, 0.2) is 65.3 Å². The lowest BCUT2D eigenvalue weighted by Crippen LogP contribution is -2.62. The first-order chi connectivity index (χ1) is 17.0. The Kier molecular flexibility index (Phi) is 8.43. The van der Waals surface area contributed by atoms with Crippen molar-refractivity contribution in [2.75, 3.05) is 38.7 Å². The van der Waals surface area contributed by atoms with Crippen molar-refractivity contribution in [3.05, 3.63) is 72.0 Å². The third-order valence-electron chi connectivity index (χ3n) is 6.62. The Morgan fingerprint density at radius 3 is 2.40 bits per heavy atom. The van der Waals surface area contributed by atoms with E-state index in [9.17, 15) is 20.4 Å². The molecular formula is C27H34N2O6. The van der Waals surface area contributed by atoms with Crippen LogP contribution in [0.2, 0.25) is 0 Å². The fourth-order valence-electron chi connectivity index (χ4n) is 4.54. The van der Waals surface area contributed by atoms with Crippen molar-refractivity contribution in [2.24, 2.45) is 0 Å². The predicted octanol–water partition coefficient (Wildman–Crippen LogP) is 1.91. The molecule has 1 aromatic heterocycles. The van der Waals surface area contributed by atoms with Crippen molar-refractivity contribution < 1.29 is 29.6 Å². The van der Waals surface area contributed by atoms with Gasteiger partial charge in [0.15, 0.2) is 0 Å². The summed E-state index contributed by atoms with van der Waals surface area (Å²) in [5, 5.41) is 43.0. The number of benzene rings is 2. The van der Waals surface area contributed by atoms with Crippen molar-refractivity contribution >= 4 is 5.69 Å². The van der Waals surface area contributed by atoms with Gasteiger partial charge in [-0.3, -0.25) is 4.90 Å². The second-order valence-electron chi connectivity index (χ2n) is 8.96. The van der Waals surface area contributed by atoms with E-state index in [-0.39, 0.29) is 13.2 Å². The van der Waals surface area contributed by atoms with E-state index >= 15 is 0 Å². The lowest BCUT2D eigenvalue weighted by Gasteiger charge is -2.43. The second-order valence-corrected chi connectivity index (χ2v) is 8.96. The number of aliphatic hydroxyl groups excluding tert-OH is 4. The minimum absolute atomic E-state index is 0.221. The molecular weight excluding hydrogens is 448 g/mol. The maximum atomic E-state index is 10.1. The molecule has 0 amide bonds. The minimum atomic E-state index is -1.23. The van der Waals surface area contributed by atoms with E-state index in [2.05, 4.69) is 29.6 Å². The molecule has 0 spiro atoms. The molecule has 1 fully saturated rings. The van der Waals surface area contributed by atoms with E-state index in [1.807, 2.05) is 35.2 Å². The average molecular weight is 483 g/mol. The molecule has 4 rings (SSSR count). The normalized spacial score (nSPS) is 22.8. The molecule has 1 aliphatic heterocycles. The molecule has 1 aliphatic rings. The summed E-state index contributed by atoms with van der Waals surface area (Å²) in [7, 11) is 1.65. The largest absolute Gasteiger partial charge is 0.497 e. The monoisotopic (exact) mass is 482 g/mol. The van der Waals surface area contributed by atoms with Gasteiger partial charge in [0.05, 0.1) is 32.1 Å². The molecule has 5 N–H and O–H groups in total. The fourth-order valence-corrected chi connectivity index (χ4v) is 4.54. The SMILES string of the molecule is COc1cc(NCCc2ccc(CCN3C[C@H](O)[C@@H](O)[C@H](O)[C@H]3CO)cc2)cc(-c2ccco2)c1. The van der Waals surface area contributed by atoms with Crippen LogP contribution in [0.25, 0.3) is 11.3 Å². The Hall–Kier alpha value is -2.88. The van der Waals surface area contributed by atoms with E-state index in [1.165, 1.54) is 5.56 Å². The number of anilines is 1. The maximum absolute atomic E-state index is 10.1. The highest BCUT2D eigenvalue weighted by Gasteiger charge is 2.40. The highest BCUT2D eigenvalue weighted by Crippen LogP contribution is 2.29. The Balaban J connectivity index is 1.29. The van der Waals surface area contributed by atoms with E-state index in [0.29, 0.717) is 13.0 Å². The number of nitrogens with zero attached hydrogens (tertiary/aromatic N) is 1. The van der Waals surface area contributed by atoms with E-state index in [1.54, 1.807) is 13.4 Å². The lowest BCUT2D eigenvalue weighted by atomic mass is 9.93. The van der Waals surface area contributed by atoms with Crippen LogP contribution < -0.4 is 10.1 Å². The molecule has 8 heteroatoms. The van der Waals surface area contributed by atoms with Crippen LogP contribution in [0.5, 0.6) is 5.75 Å². The molecule has 0 aliphatic carbocycles. The van der Waals surface area contributed by atoms with E-state index in [4.69, 9.17) is 9.15 Å². The third-order valence-corrected chi connectivity index (χ3v) is 6.62. The highest BCUT2D eigenvalue weighted by molar-refractivity contribution is 5.67. The molecule has 0 bridgehead atoms. The first-order valence-electron chi connectivity index (χ1n) is 11.9. The molecule has 35 heavy (non-hydrogen) atoms. The summed E-state index contributed by atoms with van der Waals surface area (Å²) in [4.78, 5) is 1.84. The van der Waals surface area contributed by atoms with Crippen LogP contribution in [0.3, 0.4) is 0 Å². The van der Waals surface area contributed by atoms with Crippen molar-refractivity contribution in [3.63, 3.8) is 0 Å². The molecule has 2 heterocycles. The second kappa shape index (κ2) is 11.7. The fraction of sp³-hybridized carbons (Fsp3) is 0.407. The molecule has 0 radical (unpaired) electrons. The zero-order chi connectivity index (χ0) is 24.8. The Morgan fingerprint density at radius 1 is 1.00 bits per heavy atom. The molecule has 0 saturated carbocycles. The van der Waals surface area contributed by atoms with Crippen LogP contribution in [0.1, 0.15) is 11.1 Å². The van der Waals surface area contributed by atoms with Crippen LogP contribution in [0.4, 0.5) is 5.69 Å². The topological polar surface area (TPSA) is 119 Å². The zero-order valence-electron chi connectivity index (χ0n) is 19.9. The van der Waals surface area contributed by atoms with Gasteiger partial charge in [0, 0.05) is 37.0 Å². The number of methoxy groups -OCH3 is 1. The molecule has 0 unspecified atom stereocenters. The average Bonchev–Trinajstić information content (AvgIpc) is 3.42. The summed E-state index contributed by atoms with van der Waals surface area (Å²) in [6.45, 7) is 1.28. The highest BCUT2D eigenvalue weighted by atomic mass is 16.5. The Labute approximate surface area is 205 Å². The van der Waals surface area contributed by atoms with Crippen molar-refractivity contribution in [3.8, 4) is 17.1 Å². The summed E-state index contributed by atoms with van der Waals surface area (Å²) in [6.07, 6.45) is -0.210. The number of β-amino-alcohol motifs (C(OH)–C–C–N with tert-alkyl or cyclic N) is 1. The number of aliphatic hydroxyl groups is 4. The van der Waals surface area contributed by atoms with Crippen LogP contribution >= 0.6 is 0 Å². The summed E-state index contributed by atoms with van der Waals surface area (Å²) in [5.74, 6) is 1.55. The first kappa shape index (κ1) is 25.2. The third kappa shape index (κ3) is 6.22. The summed E-state index contributed by atoms with van der Waals surface area (Å²) < 4.78 is 10.9. The quantitative estimate of drug-likeness (QED) is 0.297. The van der Waals surface area contributed by atoms with Gasteiger partial charge in [0.1, 0.15) is 23.7 Å². The molecule has 3 aromatic rings. The smallest absolute Gasteiger partial charge is 0.134 e. The number of furan rings is 1. The summed E-state index contributed by atoms with van der Waals surface area (Å²) in [6, 6.07) is 17.5. The van der Waals surface area contributed by atoms with Gasteiger partial charge in [-0.25, -0.2) is 0 Å². The lowest BCUT2D eigenvalue weighted by molar-refractivity contribution is -0.144. The van der Waals surface area contributed by atoms with Gasteiger partial charge in [-0.1, -0.05) is 24.3 Å². The summed E-state index contributed by atoms with van der Waals surface area (Å²) >= 11 is 0. The van der Waals surface area contributed by atoms with Gasteiger partial charge >= 0.3 is 0 Å². The first-order valence-corrected chi connectivity index (χ1v) is 11.9. The van der Waals surface area contributed by atoms with Crippen molar-refractivity contribution in [1.82, 2.24) is 4.90 Å². The van der Waals surface area contributed by atoms with Gasteiger partial charge < -0.3 is 34.9 Å². The zero-order valence-corrected chi connectivity index (χ0v) is 19.9. The molecule has 188 valence electrons. The van der Waals surface area contributed by atoms with Gasteiger partial charge in [-0.05, 0) is 48.2 Å². The number of likely N-dealkylation sites (tertiary alicyclic amines) is 1. The van der Waals surface area contributed by atoms with E-state index in [0.717, 1.165) is 41.3 Å². The Morgan fingerprint density at radius 2 is 1.74 bits per heavy atom. The molecule has 8 nitrogen and oxygen atoms in total. The van der Waals surface area contributed by atoms with Gasteiger partial charge in [0.2, 0.25) is 0 Å². The Bertz CT molecular complexity index is 1060. The number of nitrogens with one attached hydrogen (secondary N) is 1. The summed E-state index contributed by atoms with van der Waals surface area (Å²) in [5.41, 5.74) is 4.25. The molecule has 4 atom stereocenters. The van der Waals surface area contributed by atoms with Gasteiger partial charge in [-0.15, -0.1) is 0 Å². The predicted molar refractivity (Wildman–Crippen MR) is 134 cm³/mol. The number of hydrogen-bond donors (Lipinski definition) is 5. The van der Waals surface area contributed by atoms with Crippen LogP contribution in [-0.2, 0) is 12.8 Å². The number of hydrogen-bond acceptors (Lipinski definition) is 8.